The van der Waals surface area contributed by atoms with Crippen molar-refractivity contribution in [1.82, 2.24) is 0 Å². The van der Waals surface area contributed by atoms with Crippen LogP contribution in [-0.4, -0.2) is 25.5 Å². The number of rotatable bonds is 6. The van der Waals surface area contributed by atoms with Gasteiger partial charge in [0.1, 0.15) is 17.2 Å². The van der Waals surface area contributed by atoms with Crippen molar-refractivity contribution in [2.75, 3.05) is 35.2 Å². The van der Waals surface area contributed by atoms with Gasteiger partial charge in [-0.25, -0.2) is 4.39 Å². The zero-order valence-electron chi connectivity index (χ0n) is 18.9. The summed E-state index contributed by atoms with van der Waals surface area (Å²) in [7, 11) is 0. The first-order chi connectivity index (χ1) is 15.3. The Hall–Kier alpha value is -2.70. The normalized spacial score (nSPS) is 22.2. The van der Waals surface area contributed by atoms with Crippen LogP contribution in [0, 0.1) is 30.5 Å². The Morgan fingerprint density at radius 1 is 1.06 bits per heavy atom. The number of benzene rings is 1. The van der Waals surface area contributed by atoms with Gasteiger partial charge in [-0.05, 0) is 81.0 Å². The van der Waals surface area contributed by atoms with Crippen LogP contribution >= 0.6 is 0 Å². The quantitative estimate of drug-likeness (QED) is 0.667. The third-order valence-corrected chi connectivity index (χ3v) is 7.22. The summed E-state index contributed by atoms with van der Waals surface area (Å²) in [5.74, 6) is 0.634. The molecule has 1 aliphatic heterocycles. The lowest BCUT2D eigenvalue weighted by Gasteiger charge is -2.34. The molecule has 0 atom stereocenters. The van der Waals surface area contributed by atoms with E-state index in [1.54, 1.807) is 13.0 Å². The molecule has 4 rings (SSSR count). The predicted molar refractivity (Wildman–Crippen MR) is 126 cm³/mol. The van der Waals surface area contributed by atoms with E-state index in [4.69, 9.17) is 0 Å². The van der Waals surface area contributed by atoms with Crippen molar-refractivity contribution in [3.63, 3.8) is 0 Å². The van der Waals surface area contributed by atoms with Gasteiger partial charge >= 0.3 is 0 Å². The largest absolute Gasteiger partial charge is 0.380 e. The highest BCUT2D eigenvalue weighted by Gasteiger charge is 2.30. The van der Waals surface area contributed by atoms with E-state index in [0.29, 0.717) is 41.0 Å². The first-order valence-electron chi connectivity index (χ1n) is 11.7. The molecule has 0 unspecified atom stereocenters. The molecule has 32 heavy (non-hydrogen) atoms. The average molecular weight is 442 g/mol. The molecule has 172 valence electrons. The molecular weight excluding hydrogens is 409 g/mol. The SMILES string of the molecule is Cc1cc(F)ccc1NC(=O)C1CCC(CNc2c(N3CCC(C)CC3)c(=O)c2=O)CC1. The molecule has 7 heteroatoms. The highest BCUT2D eigenvalue weighted by Crippen LogP contribution is 2.31. The Balaban J connectivity index is 1.27. The van der Waals surface area contributed by atoms with Crippen molar-refractivity contribution < 1.29 is 9.18 Å². The lowest BCUT2D eigenvalue weighted by molar-refractivity contribution is -0.121. The summed E-state index contributed by atoms with van der Waals surface area (Å²) < 4.78 is 13.3. The molecule has 1 aliphatic carbocycles. The molecule has 2 aromatic rings. The Kier molecular flexibility index (Phi) is 6.63. The fourth-order valence-electron chi connectivity index (χ4n) is 4.95. The Morgan fingerprint density at radius 2 is 1.75 bits per heavy atom. The molecule has 6 nitrogen and oxygen atoms in total. The van der Waals surface area contributed by atoms with E-state index in [9.17, 15) is 18.8 Å². The van der Waals surface area contributed by atoms with Crippen LogP contribution in [0.2, 0.25) is 0 Å². The van der Waals surface area contributed by atoms with Gasteiger partial charge in [0.15, 0.2) is 0 Å². The number of nitrogens with one attached hydrogen (secondary N) is 2. The number of carbonyl (C=O) groups is 1. The fourth-order valence-corrected chi connectivity index (χ4v) is 4.95. The maximum Gasteiger partial charge on any atom is 0.253 e. The molecule has 1 amide bonds. The van der Waals surface area contributed by atoms with Crippen LogP contribution in [0.15, 0.2) is 27.8 Å². The van der Waals surface area contributed by atoms with E-state index < -0.39 is 5.43 Å². The van der Waals surface area contributed by atoms with Crippen molar-refractivity contribution in [1.29, 1.82) is 0 Å². The number of amides is 1. The second-order valence-electron chi connectivity index (χ2n) is 9.60. The average Bonchev–Trinajstić information content (AvgIpc) is 2.79. The Bertz CT molecular complexity index is 1040. The lowest BCUT2D eigenvalue weighted by atomic mass is 9.81. The first-order valence-corrected chi connectivity index (χ1v) is 11.7. The van der Waals surface area contributed by atoms with Gasteiger partial charge in [-0.2, -0.15) is 0 Å². The molecule has 2 aliphatic rings. The minimum Gasteiger partial charge on any atom is -0.380 e. The minimum absolute atomic E-state index is 0.0183. The van der Waals surface area contributed by atoms with Crippen LogP contribution in [0.25, 0.3) is 0 Å². The summed E-state index contributed by atoms with van der Waals surface area (Å²) in [5, 5.41) is 6.19. The molecule has 2 aromatic carbocycles. The van der Waals surface area contributed by atoms with Gasteiger partial charge in [0, 0.05) is 31.2 Å². The van der Waals surface area contributed by atoms with Gasteiger partial charge in [0.05, 0.1) is 0 Å². The van der Waals surface area contributed by atoms with E-state index in [1.807, 2.05) is 0 Å². The molecule has 1 heterocycles. The number of piperidine rings is 1. The Morgan fingerprint density at radius 3 is 2.41 bits per heavy atom. The number of nitrogens with zero attached hydrogens (tertiary/aromatic N) is 1. The van der Waals surface area contributed by atoms with Crippen molar-refractivity contribution in [3.8, 4) is 0 Å². The first kappa shape index (κ1) is 22.5. The van der Waals surface area contributed by atoms with E-state index in [-0.39, 0.29) is 23.1 Å². The van der Waals surface area contributed by atoms with Gasteiger partial charge < -0.3 is 15.5 Å². The van der Waals surface area contributed by atoms with Gasteiger partial charge in [0.25, 0.3) is 10.9 Å². The van der Waals surface area contributed by atoms with Crippen molar-refractivity contribution >= 4 is 23.0 Å². The summed E-state index contributed by atoms with van der Waals surface area (Å²) in [6.07, 6.45) is 5.42. The topological polar surface area (TPSA) is 78.5 Å². The van der Waals surface area contributed by atoms with Crippen molar-refractivity contribution in [2.24, 2.45) is 17.8 Å². The number of hydrogen-bond donors (Lipinski definition) is 2. The lowest BCUT2D eigenvalue weighted by Crippen LogP contribution is -2.45. The van der Waals surface area contributed by atoms with E-state index in [0.717, 1.165) is 51.6 Å². The van der Waals surface area contributed by atoms with E-state index >= 15 is 0 Å². The van der Waals surface area contributed by atoms with Gasteiger partial charge in [-0.3, -0.25) is 14.4 Å². The number of aryl methyl sites for hydroxylation is 1. The highest BCUT2D eigenvalue weighted by atomic mass is 19.1. The van der Waals surface area contributed by atoms with E-state index in [1.165, 1.54) is 12.1 Å². The molecule has 0 spiro atoms. The number of halogens is 1. The third kappa shape index (κ3) is 4.71. The summed E-state index contributed by atoms with van der Waals surface area (Å²) in [6, 6.07) is 4.37. The molecule has 0 bridgehead atoms. The molecule has 0 aromatic heterocycles. The maximum atomic E-state index is 13.3. The van der Waals surface area contributed by atoms with Crippen molar-refractivity contribution in [3.05, 3.63) is 50.0 Å². The van der Waals surface area contributed by atoms with Crippen LogP contribution in [0.3, 0.4) is 0 Å². The maximum absolute atomic E-state index is 13.3. The second kappa shape index (κ2) is 9.43. The van der Waals surface area contributed by atoms with Gasteiger partial charge in [-0.1, -0.05) is 6.92 Å². The van der Waals surface area contributed by atoms with Crippen molar-refractivity contribution in [2.45, 2.75) is 52.4 Å². The fraction of sp³-hybridized carbons (Fsp3) is 0.560. The zero-order chi connectivity index (χ0) is 22.8. The van der Waals surface area contributed by atoms with Crippen LogP contribution in [0.4, 0.5) is 21.5 Å². The summed E-state index contributed by atoms with van der Waals surface area (Å²) in [5.41, 5.74) is 1.66. The molecule has 1 saturated heterocycles. The smallest absolute Gasteiger partial charge is 0.253 e. The molecular formula is C25H32FN3O3. The molecule has 2 fully saturated rings. The van der Waals surface area contributed by atoms with Gasteiger partial charge in [0.2, 0.25) is 5.91 Å². The number of hydrogen-bond acceptors (Lipinski definition) is 5. The van der Waals surface area contributed by atoms with Crippen LogP contribution in [0.5, 0.6) is 0 Å². The zero-order valence-corrected chi connectivity index (χ0v) is 18.9. The standard InChI is InChI=1S/C25H32FN3O3/c1-15-9-11-29(12-10-15)22-21(23(30)24(22)31)27-14-17-3-5-18(6-4-17)25(32)28-20-8-7-19(26)13-16(20)2/h7-8,13,15,17-18,27H,3-6,9-12,14H2,1-2H3,(H,28,32). The van der Waals surface area contributed by atoms with E-state index in [2.05, 4.69) is 22.5 Å². The predicted octanol–water partition coefficient (Wildman–Crippen LogP) is 3.82. The third-order valence-electron chi connectivity index (χ3n) is 7.22. The summed E-state index contributed by atoms with van der Waals surface area (Å²) in [4.78, 5) is 39.0. The minimum atomic E-state index is -0.402. The van der Waals surface area contributed by atoms with Crippen LogP contribution in [0.1, 0.15) is 51.0 Å². The molecule has 2 N–H and O–H groups in total. The number of carbonyl (C=O) groups excluding carboxylic acids is 1. The van der Waals surface area contributed by atoms with Gasteiger partial charge in [-0.15, -0.1) is 0 Å². The second-order valence-corrected chi connectivity index (χ2v) is 9.60. The highest BCUT2D eigenvalue weighted by molar-refractivity contribution is 5.93. The monoisotopic (exact) mass is 441 g/mol. The summed E-state index contributed by atoms with van der Waals surface area (Å²) >= 11 is 0. The summed E-state index contributed by atoms with van der Waals surface area (Å²) in [6.45, 7) is 6.30. The van der Waals surface area contributed by atoms with Crippen LogP contribution < -0.4 is 26.4 Å². The number of anilines is 3. The molecule has 1 saturated carbocycles. The van der Waals surface area contributed by atoms with Crippen LogP contribution in [-0.2, 0) is 4.79 Å². The molecule has 0 radical (unpaired) electrons. The Labute approximate surface area is 187 Å².